The topological polar surface area (TPSA) is 20.2 Å². The third-order valence-corrected chi connectivity index (χ3v) is 1.68. The Bertz CT molecular complexity index is 107. The zero-order chi connectivity index (χ0) is 5.49. The van der Waals surface area contributed by atoms with Gasteiger partial charge in [0.25, 0.3) is 0 Å². The van der Waals surface area contributed by atoms with Crippen molar-refractivity contribution in [3.8, 4) is 0 Å². The maximum atomic E-state index is 8.57. The van der Waals surface area contributed by atoms with Gasteiger partial charge < -0.3 is 5.11 Å². The van der Waals surface area contributed by atoms with Crippen LogP contribution in [-0.2, 0) is 0 Å². The maximum absolute atomic E-state index is 8.57. The molecule has 1 unspecified atom stereocenters. The Morgan fingerprint density at radius 1 is 2.00 bits per heavy atom. The van der Waals surface area contributed by atoms with Gasteiger partial charge in [-0.2, -0.15) is 0 Å². The molecule has 0 heterocycles. The van der Waals surface area contributed by atoms with E-state index in [0.29, 0.717) is 0 Å². The molecule has 0 bridgehead atoms. The molecule has 1 nitrogen and oxygen atoms in total. The normalized spacial score (nSPS) is 38.9. The first kappa shape index (κ1) is 4.85. The summed E-state index contributed by atoms with van der Waals surface area (Å²) in [7, 11) is 0. The van der Waals surface area contributed by atoms with Crippen LogP contribution in [0.15, 0.2) is 12.2 Å². The predicted octanol–water partition coefficient (Wildman–Crippen LogP) is 0.945. The molecular weight excluding hydrogens is 88.1 g/mol. The highest BCUT2D eigenvalue weighted by Crippen LogP contribution is 2.49. The van der Waals surface area contributed by atoms with Crippen molar-refractivity contribution < 1.29 is 5.11 Å². The molecule has 7 heavy (non-hydrogen) atoms. The van der Waals surface area contributed by atoms with E-state index in [1.54, 1.807) is 0 Å². The molecule has 1 atom stereocenters. The molecule has 0 saturated heterocycles. The van der Waals surface area contributed by atoms with Gasteiger partial charge in [0.05, 0.1) is 6.61 Å². The summed E-state index contributed by atoms with van der Waals surface area (Å²) < 4.78 is 0. The highest BCUT2D eigenvalue weighted by atomic mass is 16.3. The molecule has 1 heteroatoms. The van der Waals surface area contributed by atoms with Crippen molar-refractivity contribution in [3.05, 3.63) is 12.2 Å². The minimum atomic E-state index is 0.111. The van der Waals surface area contributed by atoms with E-state index in [4.69, 9.17) is 5.11 Å². The van der Waals surface area contributed by atoms with Crippen LogP contribution in [0, 0.1) is 5.41 Å². The molecule has 1 fully saturated rings. The molecule has 0 aromatic carbocycles. The van der Waals surface area contributed by atoms with Crippen molar-refractivity contribution in [2.24, 2.45) is 5.41 Å². The van der Waals surface area contributed by atoms with Crippen molar-refractivity contribution in [2.45, 2.75) is 13.3 Å². The molecule has 0 aromatic rings. The second-order valence-electron chi connectivity index (χ2n) is 2.50. The summed E-state index contributed by atoms with van der Waals surface area (Å²) in [5.74, 6) is 0. The second-order valence-corrected chi connectivity index (χ2v) is 2.50. The molecule has 0 aliphatic heterocycles. The average Bonchev–Trinajstić information content (AvgIpc) is 2.18. The molecule has 1 rings (SSSR count). The van der Waals surface area contributed by atoms with E-state index in [1.165, 1.54) is 5.57 Å². The van der Waals surface area contributed by atoms with Gasteiger partial charge in [0.15, 0.2) is 0 Å². The monoisotopic (exact) mass is 98.1 g/mol. The fourth-order valence-corrected chi connectivity index (χ4v) is 0.594. The second kappa shape index (κ2) is 1.10. The number of aliphatic hydroxyl groups is 1. The van der Waals surface area contributed by atoms with Crippen LogP contribution in [0.25, 0.3) is 0 Å². The van der Waals surface area contributed by atoms with Crippen LogP contribution in [0.2, 0.25) is 0 Å². The first-order valence-electron chi connectivity index (χ1n) is 2.48. The summed E-state index contributed by atoms with van der Waals surface area (Å²) in [5.41, 5.74) is 1.30. The predicted molar refractivity (Wildman–Crippen MR) is 28.9 cm³/mol. The lowest BCUT2D eigenvalue weighted by molar-refractivity contribution is 0.233. The van der Waals surface area contributed by atoms with Gasteiger partial charge in [0.1, 0.15) is 0 Å². The summed E-state index contributed by atoms with van der Waals surface area (Å²) in [6.07, 6.45) is 1.02. The van der Waals surface area contributed by atoms with Gasteiger partial charge in [0, 0.05) is 5.41 Å². The summed E-state index contributed by atoms with van der Waals surface area (Å²) in [6.45, 7) is 6.02. The van der Waals surface area contributed by atoms with Gasteiger partial charge in [-0.25, -0.2) is 0 Å². The van der Waals surface area contributed by atoms with E-state index in [0.717, 1.165) is 6.42 Å². The molecule has 40 valence electrons. The van der Waals surface area contributed by atoms with Crippen molar-refractivity contribution >= 4 is 0 Å². The van der Waals surface area contributed by atoms with Crippen LogP contribution in [-0.4, -0.2) is 11.7 Å². The van der Waals surface area contributed by atoms with Crippen LogP contribution in [0.3, 0.4) is 0 Å². The summed E-state index contributed by atoms with van der Waals surface area (Å²) in [4.78, 5) is 0. The minimum Gasteiger partial charge on any atom is -0.395 e. The third-order valence-electron chi connectivity index (χ3n) is 1.68. The van der Waals surface area contributed by atoms with Gasteiger partial charge in [-0.05, 0) is 6.42 Å². The van der Waals surface area contributed by atoms with Crippen LogP contribution in [0.5, 0.6) is 0 Å². The van der Waals surface area contributed by atoms with E-state index in [2.05, 4.69) is 6.58 Å². The third kappa shape index (κ3) is 0.570. The first-order valence-corrected chi connectivity index (χ1v) is 2.48. The Morgan fingerprint density at radius 3 is 2.43 bits per heavy atom. The summed E-state index contributed by atoms with van der Waals surface area (Å²) in [5, 5.41) is 8.57. The van der Waals surface area contributed by atoms with E-state index in [-0.39, 0.29) is 12.0 Å². The molecule has 1 aliphatic carbocycles. The lowest BCUT2D eigenvalue weighted by Gasteiger charge is -1.96. The van der Waals surface area contributed by atoms with E-state index in [9.17, 15) is 0 Å². The van der Waals surface area contributed by atoms with Crippen molar-refractivity contribution in [3.63, 3.8) is 0 Å². The lowest BCUT2D eigenvalue weighted by Crippen LogP contribution is -1.98. The number of rotatable bonds is 1. The summed E-state index contributed by atoms with van der Waals surface area (Å²) in [6, 6.07) is 0. The Hall–Kier alpha value is -0.300. The Balaban J connectivity index is 2.52. The fourth-order valence-electron chi connectivity index (χ4n) is 0.594. The Morgan fingerprint density at radius 2 is 2.43 bits per heavy atom. The molecule has 0 amide bonds. The molecule has 1 saturated carbocycles. The molecule has 0 aromatic heterocycles. The Kier molecular flexibility index (Phi) is 0.762. The number of aliphatic hydroxyl groups excluding tert-OH is 1. The number of hydrogen-bond donors (Lipinski definition) is 1. The fraction of sp³-hybridized carbons (Fsp3) is 0.667. The van der Waals surface area contributed by atoms with E-state index in [1.807, 2.05) is 6.92 Å². The van der Waals surface area contributed by atoms with Crippen molar-refractivity contribution in [1.82, 2.24) is 0 Å². The van der Waals surface area contributed by atoms with E-state index < -0.39 is 0 Å². The van der Waals surface area contributed by atoms with Crippen molar-refractivity contribution in [1.29, 1.82) is 0 Å². The quantitative estimate of drug-likeness (QED) is 0.484. The molecule has 1 aliphatic rings. The summed E-state index contributed by atoms with van der Waals surface area (Å²) >= 11 is 0. The van der Waals surface area contributed by atoms with Crippen LogP contribution < -0.4 is 0 Å². The standard InChI is InChI=1S/C6H10O/c1-5-3-6(5,2)4-7/h7H,1,3-4H2,2H3. The highest BCUT2D eigenvalue weighted by molar-refractivity contribution is 5.27. The molecule has 0 radical (unpaired) electrons. The van der Waals surface area contributed by atoms with Gasteiger partial charge in [-0.15, -0.1) is 0 Å². The minimum absolute atomic E-state index is 0.111. The lowest BCUT2D eigenvalue weighted by atomic mass is 10.1. The molecular formula is C6H10O. The maximum Gasteiger partial charge on any atom is 0.0525 e. The van der Waals surface area contributed by atoms with Crippen LogP contribution in [0.4, 0.5) is 0 Å². The number of hydrogen-bond acceptors (Lipinski definition) is 1. The van der Waals surface area contributed by atoms with Gasteiger partial charge in [-0.3, -0.25) is 0 Å². The first-order chi connectivity index (χ1) is 3.19. The Labute approximate surface area is 43.7 Å². The average molecular weight is 98.1 g/mol. The van der Waals surface area contributed by atoms with Crippen molar-refractivity contribution in [2.75, 3.05) is 6.61 Å². The van der Waals surface area contributed by atoms with Gasteiger partial charge in [-0.1, -0.05) is 19.1 Å². The smallest absolute Gasteiger partial charge is 0.0525 e. The highest BCUT2D eigenvalue weighted by Gasteiger charge is 2.41. The van der Waals surface area contributed by atoms with Gasteiger partial charge in [0.2, 0.25) is 0 Å². The van der Waals surface area contributed by atoms with Crippen LogP contribution >= 0.6 is 0 Å². The zero-order valence-electron chi connectivity index (χ0n) is 4.57. The molecule has 1 N–H and O–H groups in total. The van der Waals surface area contributed by atoms with E-state index >= 15 is 0 Å². The van der Waals surface area contributed by atoms with Gasteiger partial charge >= 0.3 is 0 Å². The zero-order valence-corrected chi connectivity index (χ0v) is 4.57. The largest absolute Gasteiger partial charge is 0.395 e. The molecule has 0 spiro atoms. The van der Waals surface area contributed by atoms with Crippen LogP contribution in [0.1, 0.15) is 13.3 Å². The SMILES string of the molecule is C=C1CC1(C)CO.